The van der Waals surface area contributed by atoms with E-state index in [2.05, 4.69) is 26.0 Å². The molecule has 0 atom stereocenters. The lowest BCUT2D eigenvalue weighted by atomic mass is 10.1. The van der Waals surface area contributed by atoms with Gasteiger partial charge in [0, 0.05) is 35.5 Å². The van der Waals surface area contributed by atoms with Crippen LogP contribution in [0.3, 0.4) is 0 Å². The Morgan fingerprint density at radius 1 is 1.18 bits per heavy atom. The van der Waals surface area contributed by atoms with Crippen molar-refractivity contribution in [2.24, 2.45) is 0 Å². The maximum absolute atomic E-state index is 12.5. The Labute approximate surface area is 163 Å². The van der Waals surface area contributed by atoms with Crippen molar-refractivity contribution in [2.45, 2.75) is 26.3 Å². The summed E-state index contributed by atoms with van der Waals surface area (Å²) >= 11 is 0. The summed E-state index contributed by atoms with van der Waals surface area (Å²) in [5.74, 6) is 0.0905. The lowest BCUT2D eigenvalue weighted by Crippen LogP contribution is -2.14. The first-order valence-corrected chi connectivity index (χ1v) is 9.22. The summed E-state index contributed by atoms with van der Waals surface area (Å²) in [5, 5.41) is 0. The minimum Gasteiger partial charge on any atom is -0.377 e. The van der Waals surface area contributed by atoms with Crippen molar-refractivity contribution in [1.29, 1.82) is 0 Å². The maximum Gasteiger partial charge on any atom is 0.158 e. The average molecular weight is 375 g/mol. The van der Waals surface area contributed by atoms with Crippen LogP contribution in [0, 0.1) is 6.92 Å². The van der Waals surface area contributed by atoms with Crippen molar-refractivity contribution in [3.05, 3.63) is 66.4 Å². The molecule has 28 heavy (non-hydrogen) atoms. The number of nitrogens with zero attached hydrogens (tertiary/aromatic N) is 5. The van der Waals surface area contributed by atoms with E-state index in [1.54, 1.807) is 31.1 Å². The van der Waals surface area contributed by atoms with E-state index >= 15 is 0 Å². The van der Waals surface area contributed by atoms with Gasteiger partial charge in [0.15, 0.2) is 5.78 Å². The number of hydrogen-bond donors (Lipinski definition) is 0. The highest BCUT2D eigenvalue weighted by molar-refractivity contribution is 5.80. The van der Waals surface area contributed by atoms with Crippen LogP contribution in [0.5, 0.6) is 0 Å². The van der Waals surface area contributed by atoms with Gasteiger partial charge in [0.05, 0.1) is 50.1 Å². The fraction of sp³-hybridized carbons (Fsp3) is 0.286. The summed E-state index contributed by atoms with van der Waals surface area (Å²) in [7, 11) is 0. The van der Waals surface area contributed by atoms with E-state index in [-0.39, 0.29) is 18.7 Å². The van der Waals surface area contributed by atoms with Crippen molar-refractivity contribution < 1.29 is 9.53 Å². The van der Waals surface area contributed by atoms with Crippen molar-refractivity contribution in [2.75, 3.05) is 13.2 Å². The highest BCUT2D eigenvalue weighted by Gasteiger charge is 2.15. The van der Waals surface area contributed by atoms with Crippen LogP contribution in [0.4, 0.5) is 0 Å². The van der Waals surface area contributed by atoms with Gasteiger partial charge in [-0.1, -0.05) is 6.08 Å². The summed E-state index contributed by atoms with van der Waals surface area (Å²) < 4.78 is 7.26. The van der Waals surface area contributed by atoms with Crippen molar-refractivity contribution in [3.8, 4) is 11.3 Å². The number of Topliss-reactive ketones (excluding diaryl/α,β-unsaturated/α-hetero) is 1. The van der Waals surface area contributed by atoms with Gasteiger partial charge in [-0.3, -0.25) is 19.7 Å². The molecule has 1 aliphatic heterocycles. The second kappa shape index (κ2) is 8.22. The third kappa shape index (κ3) is 4.04. The van der Waals surface area contributed by atoms with Crippen LogP contribution in [0.2, 0.25) is 0 Å². The van der Waals surface area contributed by atoms with Crippen molar-refractivity contribution >= 4 is 11.4 Å². The Balaban J connectivity index is 1.41. The Morgan fingerprint density at radius 3 is 2.82 bits per heavy atom. The summed E-state index contributed by atoms with van der Waals surface area (Å²) in [6, 6.07) is 3.78. The molecule has 0 saturated heterocycles. The van der Waals surface area contributed by atoms with Crippen molar-refractivity contribution in [1.82, 2.24) is 24.5 Å². The molecule has 0 aliphatic carbocycles. The molecule has 0 unspecified atom stereocenters. The molecular weight excluding hydrogens is 354 g/mol. The second-order valence-electron chi connectivity index (χ2n) is 6.71. The molecular formula is C21H21N5O2. The maximum atomic E-state index is 12.5. The van der Waals surface area contributed by atoms with Crippen LogP contribution in [-0.2, 0) is 22.5 Å². The number of aromatic nitrogens is 5. The summed E-state index contributed by atoms with van der Waals surface area (Å²) in [5.41, 5.74) is 5.54. The molecule has 142 valence electrons. The molecule has 7 heteroatoms. The topological polar surface area (TPSA) is 82.8 Å². The second-order valence-corrected chi connectivity index (χ2v) is 6.71. The molecule has 0 radical (unpaired) electrons. The molecule has 4 heterocycles. The number of carbonyl (C=O) groups excluding carboxylic acids is 1. The van der Waals surface area contributed by atoms with Gasteiger partial charge in [-0.2, -0.15) is 0 Å². The monoisotopic (exact) mass is 375 g/mol. The first-order chi connectivity index (χ1) is 13.7. The fourth-order valence-electron chi connectivity index (χ4n) is 3.24. The molecule has 3 aromatic rings. The molecule has 0 amide bonds. The van der Waals surface area contributed by atoms with Crippen LogP contribution < -0.4 is 0 Å². The number of ether oxygens (including phenoxy) is 1. The largest absolute Gasteiger partial charge is 0.377 e. The highest BCUT2D eigenvalue weighted by Crippen LogP contribution is 2.23. The number of rotatable bonds is 6. The average Bonchev–Trinajstić information content (AvgIpc) is 3.10. The normalized spacial score (nSPS) is 14.0. The van der Waals surface area contributed by atoms with Gasteiger partial charge in [-0.05, 0) is 31.1 Å². The van der Waals surface area contributed by atoms with Gasteiger partial charge in [0.2, 0.25) is 0 Å². The van der Waals surface area contributed by atoms with Crippen LogP contribution in [-0.4, -0.2) is 43.5 Å². The van der Waals surface area contributed by atoms with Crippen LogP contribution in [0.1, 0.15) is 23.5 Å². The smallest absolute Gasteiger partial charge is 0.158 e. The molecule has 0 saturated carbocycles. The van der Waals surface area contributed by atoms with Crippen LogP contribution in [0.15, 0.2) is 49.3 Å². The Kier molecular flexibility index (Phi) is 5.34. The predicted octanol–water partition coefficient (Wildman–Crippen LogP) is 2.66. The molecule has 1 aliphatic rings. The number of pyridine rings is 1. The quantitative estimate of drug-likeness (QED) is 0.659. The van der Waals surface area contributed by atoms with Crippen LogP contribution in [0.25, 0.3) is 16.8 Å². The molecule has 0 N–H and O–H groups in total. The van der Waals surface area contributed by atoms with Gasteiger partial charge in [0.1, 0.15) is 0 Å². The molecule has 0 spiro atoms. The Bertz CT molecular complexity index is 993. The molecule has 0 aromatic carbocycles. The van der Waals surface area contributed by atoms with E-state index < -0.39 is 0 Å². The van der Waals surface area contributed by atoms with E-state index in [0.717, 1.165) is 34.8 Å². The first kappa shape index (κ1) is 18.2. The third-order valence-corrected chi connectivity index (χ3v) is 4.78. The highest BCUT2D eigenvalue weighted by atomic mass is 16.5. The number of imidazole rings is 1. The lowest BCUT2D eigenvalue weighted by molar-refractivity contribution is -0.119. The zero-order chi connectivity index (χ0) is 19.3. The minimum absolute atomic E-state index is 0.0905. The first-order valence-electron chi connectivity index (χ1n) is 9.22. The SMILES string of the molecule is Cc1c(C2=CCOCC2)ncn1CC(=O)Cc1ccc(-c2cnccn2)cn1. The zero-order valence-electron chi connectivity index (χ0n) is 15.7. The summed E-state index contributed by atoms with van der Waals surface area (Å²) in [4.78, 5) is 29.7. The van der Waals surface area contributed by atoms with E-state index in [1.807, 2.05) is 23.6 Å². The van der Waals surface area contributed by atoms with Gasteiger partial charge >= 0.3 is 0 Å². The standard InChI is InChI=1S/C21H21N5O2/c1-15-21(16-4-8-28-9-5-16)25-14-26(15)13-19(27)10-18-3-2-17(11-24-18)20-12-22-6-7-23-20/h2-4,6-7,11-12,14H,5,8-10,13H2,1H3. The molecule has 3 aromatic heterocycles. The number of carbonyl (C=O) groups is 1. The number of hydrogen-bond acceptors (Lipinski definition) is 6. The van der Waals surface area contributed by atoms with Crippen LogP contribution >= 0.6 is 0 Å². The molecule has 0 fully saturated rings. The summed E-state index contributed by atoms with van der Waals surface area (Å²) in [6.45, 7) is 3.63. The van der Waals surface area contributed by atoms with Gasteiger partial charge in [0.25, 0.3) is 0 Å². The van der Waals surface area contributed by atoms with E-state index in [9.17, 15) is 4.79 Å². The Hall–Kier alpha value is -3.19. The third-order valence-electron chi connectivity index (χ3n) is 4.78. The van der Waals surface area contributed by atoms with Gasteiger partial charge < -0.3 is 9.30 Å². The molecule has 7 nitrogen and oxygen atoms in total. The Morgan fingerprint density at radius 2 is 2.11 bits per heavy atom. The fourth-order valence-corrected chi connectivity index (χ4v) is 3.24. The van der Waals surface area contributed by atoms with Gasteiger partial charge in [-0.15, -0.1) is 0 Å². The van der Waals surface area contributed by atoms with E-state index in [0.29, 0.717) is 13.2 Å². The van der Waals surface area contributed by atoms with Gasteiger partial charge in [-0.25, -0.2) is 4.98 Å². The predicted molar refractivity (Wildman–Crippen MR) is 104 cm³/mol. The molecule has 4 rings (SSSR count). The van der Waals surface area contributed by atoms with Crippen molar-refractivity contribution in [3.63, 3.8) is 0 Å². The minimum atomic E-state index is 0.0905. The lowest BCUT2D eigenvalue weighted by Gasteiger charge is -2.13. The zero-order valence-corrected chi connectivity index (χ0v) is 15.7. The number of ketones is 1. The molecule has 0 bridgehead atoms. The summed E-state index contributed by atoms with van der Waals surface area (Å²) in [6.07, 6.45) is 11.6. The van der Waals surface area contributed by atoms with E-state index in [4.69, 9.17) is 4.74 Å². The van der Waals surface area contributed by atoms with E-state index in [1.165, 1.54) is 5.57 Å².